The van der Waals surface area contributed by atoms with Gasteiger partial charge in [0.05, 0.1) is 24.4 Å². The number of imidazole rings is 1. The molecule has 1 saturated carbocycles. The van der Waals surface area contributed by atoms with Crippen LogP contribution in [0.5, 0.6) is 0 Å². The van der Waals surface area contributed by atoms with Gasteiger partial charge in [-0.25, -0.2) is 15.0 Å². The molecule has 0 atom stereocenters. The summed E-state index contributed by atoms with van der Waals surface area (Å²) in [6.07, 6.45) is 8.51. The maximum Gasteiger partial charge on any atom is 0.139 e. The molecular formula is C21H27N7O2. The van der Waals surface area contributed by atoms with Gasteiger partial charge in [-0.05, 0) is 37.7 Å². The molecule has 1 aliphatic rings. The number of rotatable bonds is 7. The van der Waals surface area contributed by atoms with Gasteiger partial charge in [-0.2, -0.15) is 5.26 Å². The zero-order chi connectivity index (χ0) is 21.1. The molecule has 9 heteroatoms. The SMILES string of the molecule is COCCC(=N)N(O)Cc1nc2cnc3[nH]ccc3c2n1C1CCC(CC#N)CC1. The molecule has 1 aliphatic carbocycles. The third-order valence-electron chi connectivity index (χ3n) is 6.01. The quantitative estimate of drug-likeness (QED) is 0.310. The van der Waals surface area contributed by atoms with Crippen molar-refractivity contribution >= 4 is 27.9 Å². The lowest BCUT2D eigenvalue weighted by Gasteiger charge is -2.30. The number of aromatic nitrogens is 4. The first-order chi connectivity index (χ1) is 14.6. The van der Waals surface area contributed by atoms with Gasteiger partial charge >= 0.3 is 0 Å². The van der Waals surface area contributed by atoms with E-state index in [9.17, 15) is 5.21 Å². The van der Waals surface area contributed by atoms with Crippen molar-refractivity contribution in [2.45, 2.75) is 51.1 Å². The summed E-state index contributed by atoms with van der Waals surface area (Å²) in [6, 6.07) is 4.54. The van der Waals surface area contributed by atoms with Crippen LogP contribution in [0.25, 0.3) is 22.1 Å². The van der Waals surface area contributed by atoms with Gasteiger partial charge in [0.15, 0.2) is 0 Å². The number of nitriles is 1. The number of methoxy groups -OCH3 is 1. The number of hydroxylamine groups is 2. The number of ether oxygens (including phenoxy) is 1. The maximum atomic E-state index is 10.5. The lowest BCUT2D eigenvalue weighted by Crippen LogP contribution is -2.29. The summed E-state index contributed by atoms with van der Waals surface area (Å²) in [5, 5.41) is 29.5. The van der Waals surface area contributed by atoms with Crippen LogP contribution in [0, 0.1) is 22.7 Å². The van der Waals surface area contributed by atoms with E-state index in [-0.39, 0.29) is 18.4 Å². The minimum atomic E-state index is 0.0955. The van der Waals surface area contributed by atoms with Crippen molar-refractivity contribution in [3.63, 3.8) is 0 Å². The monoisotopic (exact) mass is 409 g/mol. The molecule has 0 spiro atoms. The Kier molecular flexibility index (Phi) is 5.97. The third-order valence-corrected chi connectivity index (χ3v) is 6.01. The van der Waals surface area contributed by atoms with Crippen molar-refractivity contribution < 1.29 is 9.94 Å². The number of hydrogen-bond donors (Lipinski definition) is 3. The van der Waals surface area contributed by atoms with Gasteiger partial charge in [0, 0.05) is 37.6 Å². The number of nitrogens with one attached hydrogen (secondary N) is 2. The largest absolute Gasteiger partial charge is 0.384 e. The third kappa shape index (κ3) is 3.88. The van der Waals surface area contributed by atoms with Gasteiger partial charge in [-0.15, -0.1) is 0 Å². The standard InChI is InChI=1S/C21H27N7O2/c1-30-11-8-18(23)27(29)13-19-26-17-12-25-21-16(7-10-24-21)20(17)28(19)15-4-2-14(3-5-15)6-9-22/h7,10,12,14-15,23,29H,2-6,8,11,13H2,1H3,(H,24,25). The summed E-state index contributed by atoms with van der Waals surface area (Å²) in [5.74, 6) is 1.27. The van der Waals surface area contributed by atoms with Crippen molar-refractivity contribution in [1.82, 2.24) is 24.6 Å². The summed E-state index contributed by atoms with van der Waals surface area (Å²) in [7, 11) is 1.58. The molecule has 0 amide bonds. The first-order valence-corrected chi connectivity index (χ1v) is 10.3. The number of pyridine rings is 1. The van der Waals surface area contributed by atoms with Crippen LogP contribution in [0.1, 0.15) is 50.4 Å². The minimum absolute atomic E-state index is 0.0955. The molecule has 3 aromatic rings. The molecule has 3 heterocycles. The topological polar surface area (TPSA) is 127 Å². The van der Waals surface area contributed by atoms with E-state index in [1.807, 2.05) is 12.3 Å². The van der Waals surface area contributed by atoms with E-state index in [0.29, 0.717) is 31.2 Å². The van der Waals surface area contributed by atoms with Crippen molar-refractivity contribution in [3.05, 3.63) is 24.3 Å². The summed E-state index contributed by atoms with van der Waals surface area (Å²) >= 11 is 0. The normalized spacial score (nSPS) is 19.2. The summed E-state index contributed by atoms with van der Waals surface area (Å²) in [6.45, 7) is 0.504. The fourth-order valence-electron chi connectivity index (χ4n) is 4.44. The second-order valence-electron chi connectivity index (χ2n) is 7.91. The van der Waals surface area contributed by atoms with E-state index < -0.39 is 0 Å². The maximum absolute atomic E-state index is 10.5. The number of hydrogen-bond acceptors (Lipinski definition) is 6. The van der Waals surface area contributed by atoms with Crippen LogP contribution in [-0.2, 0) is 11.3 Å². The molecule has 0 bridgehead atoms. The Morgan fingerprint density at radius 2 is 2.23 bits per heavy atom. The molecule has 3 N–H and O–H groups in total. The summed E-state index contributed by atoms with van der Waals surface area (Å²) < 4.78 is 7.24. The Labute approximate surface area is 174 Å². The molecule has 0 unspecified atom stereocenters. The van der Waals surface area contributed by atoms with Crippen LogP contribution in [0.2, 0.25) is 0 Å². The van der Waals surface area contributed by atoms with Crippen LogP contribution in [0.15, 0.2) is 18.5 Å². The van der Waals surface area contributed by atoms with Crippen molar-refractivity contribution in [1.29, 1.82) is 10.7 Å². The Morgan fingerprint density at radius 1 is 1.43 bits per heavy atom. The Balaban J connectivity index is 1.70. The highest BCUT2D eigenvalue weighted by Crippen LogP contribution is 2.38. The summed E-state index contributed by atoms with van der Waals surface area (Å²) in [4.78, 5) is 12.4. The lowest BCUT2D eigenvalue weighted by atomic mass is 9.84. The van der Waals surface area contributed by atoms with Crippen LogP contribution < -0.4 is 0 Å². The molecule has 0 aliphatic heterocycles. The first-order valence-electron chi connectivity index (χ1n) is 10.3. The van der Waals surface area contributed by atoms with E-state index in [4.69, 9.17) is 20.4 Å². The zero-order valence-corrected chi connectivity index (χ0v) is 17.1. The van der Waals surface area contributed by atoms with Crippen molar-refractivity contribution in [2.24, 2.45) is 5.92 Å². The number of nitrogens with zero attached hydrogens (tertiary/aromatic N) is 5. The van der Waals surface area contributed by atoms with E-state index in [1.54, 1.807) is 13.3 Å². The predicted octanol–water partition coefficient (Wildman–Crippen LogP) is 3.76. The number of amidine groups is 1. The molecule has 3 aromatic heterocycles. The molecule has 1 fully saturated rings. The van der Waals surface area contributed by atoms with Crippen molar-refractivity contribution in [3.8, 4) is 6.07 Å². The second kappa shape index (κ2) is 8.81. The Bertz CT molecular complexity index is 1070. The first kappa shape index (κ1) is 20.3. The number of fused-ring (bicyclic) bond motifs is 3. The summed E-state index contributed by atoms with van der Waals surface area (Å²) in [5.41, 5.74) is 2.60. The van der Waals surface area contributed by atoms with E-state index in [2.05, 4.69) is 20.6 Å². The highest BCUT2D eigenvalue weighted by molar-refractivity contribution is 6.01. The lowest BCUT2D eigenvalue weighted by molar-refractivity contribution is -0.0305. The van der Waals surface area contributed by atoms with E-state index in [0.717, 1.165) is 52.8 Å². The Hall–Kier alpha value is -2.96. The fourth-order valence-corrected chi connectivity index (χ4v) is 4.44. The van der Waals surface area contributed by atoms with Crippen molar-refractivity contribution in [2.75, 3.05) is 13.7 Å². The molecule has 9 nitrogen and oxygen atoms in total. The smallest absolute Gasteiger partial charge is 0.139 e. The Morgan fingerprint density at radius 3 is 2.97 bits per heavy atom. The van der Waals surface area contributed by atoms with Gasteiger partial charge in [-0.1, -0.05) is 0 Å². The number of aromatic amines is 1. The molecule has 4 rings (SSSR count). The van der Waals surface area contributed by atoms with E-state index in [1.165, 1.54) is 0 Å². The van der Waals surface area contributed by atoms with Crippen LogP contribution in [0.3, 0.4) is 0 Å². The molecule has 0 saturated heterocycles. The van der Waals surface area contributed by atoms with Gasteiger partial charge in [0.25, 0.3) is 0 Å². The van der Waals surface area contributed by atoms with Gasteiger partial charge in [0.1, 0.15) is 29.4 Å². The predicted molar refractivity (Wildman–Crippen MR) is 112 cm³/mol. The van der Waals surface area contributed by atoms with E-state index >= 15 is 0 Å². The van der Waals surface area contributed by atoms with Crippen LogP contribution >= 0.6 is 0 Å². The molecule has 0 radical (unpaired) electrons. The minimum Gasteiger partial charge on any atom is -0.384 e. The molecule has 30 heavy (non-hydrogen) atoms. The second-order valence-corrected chi connectivity index (χ2v) is 7.91. The van der Waals surface area contributed by atoms with Gasteiger partial charge in [-0.3, -0.25) is 10.6 Å². The highest BCUT2D eigenvalue weighted by atomic mass is 16.5. The van der Waals surface area contributed by atoms with Gasteiger partial charge < -0.3 is 14.3 Å². The molecule has 158 valence electrons. The molecule has 0 aromatic carbocycles. The zero-order valence-electron chi connectivity index (χ0n) is 17.1. The number of H-pyrrole nitrogens is 1. The average Bonchev–Trinajstić information content (AvgIpc) is 3.36. The highest BCUT2D eigenvalue weighted by Gasteiger charge is 2.27. The van der Waals surface area contributed by atoms with Crippen LogP contribution in [-0.4, -0.2) is 49.3 Å². The molecular weight excluding hydrogens is 382 g/mol. The average molecular weight is 409 g/mol. The van der Waals surface area contributed by atoms with Gasteiger partial charge in [0.2, 0.25) is 0 Å². The van der Waals surface area contributed by atoms with Crippen LogP contribution in [0.4, 0.5) is 0 Å². The fraction of sp³-hybridized carbons (Fsp3) is 0.524.